The minimum atomic E-state index is -0.117. The Morgan fingerprint density at radius 2 is 2.06 bits per heavy atom. The summed E-state index contributed by atoms with van der Waals surface area (Å²) in [6.45, 7) is 8.90. The van der Waals surface area contributed by atoms with E-state index in [4.69, 9.17) is 14.2 Å². The monoisotopic (exact) mass is 227 g/mol. The van der Waals surface area contributed by atoms with Crippen LogP contribution in [0.1, 0.15) is 34.1 Å². The molecule has 0 aliphatic carbocycles. The highest BCUT2D eigenvalue weighted by molar-refractivity contribution is 6.37. The van der Waals surface area contributed by atoms with E-state index < -0.39 is 0 Å². The van der Waals surface area contributed by atoms with Gasteiger partial charge in [-0.05, 0) is 27.2 Å². The number of hydrogen-bond donors (Lipinski definition) is 0. The van der Waals surface area contributed by atoms with Crippen LogP contribution in [0, 0.1) is 0 Å². The highest BCUT2D eigenvalue weighted by atomic mass is 16.6. The van der Waals surface area contributed by atoms with Crippen molar-refractivity contribution >= 4 is 7.28 Å². The van der Waals surface area contributed by atoms with E-state index in [2.05, 4.69) is 35.0 Å². The summed E-state index contributed by atoms with van der Waals surface area (Å²) < 4.78 is 17.1. The largest absolute Gasteiger partial charge is 0.379 e. The lowest BCUT2D eigenvalue weighted by Gasteiger charge is -2.24. The fraction of sp³-hybridized carbons (Fsp3) is 1.00. The minimum absolute atomic E-state index is 0.0667. The zero-order valence-corrected chi connectivity index (χ0v) is 11.2. The van der Waals surface area contributed by atoms with E-state index in [-0.39, 0.29) is 23.8 Å². The van der Waals surface area contributed by atoms with Gasteiger partial charge in [-0.3, -0.25) is 0 Å². The van der Waals surface area contributed by atoms with Gasteiger partial charge in [-0.15, -0.1) is 0 Å². The third-order valence-corrected chi connectivity index (χ3v) is 2.71. The Morgan fingerprint density at radius 3 is 2.56 bits per heavy atom. The SMILES string of the molecule is CC[B]C1CC(OC)C(COC(C)(C)C)O1. The third-order valence-electron chi connectivity index (χ3n) is 2.71. The first-order valence-corrected chi connectivity index (χ1v) is 6.11. The molecule has 0 aromatic rings. The first kappa shape index (κ1) is 14.0. The lowest BCUT2D eigenvalue weighted by atomic mass is 9.68. The van der Waals surface area contributed by atoms with Crippen LogP contribution in [0.5, 0.6) is 0 Å². The third kappa shape index (κ3) is 4.44. The van der Waals surface area contributed by atoms with Gasteiger partial charge >= 0.3 is 0 Å². The number of methoxy groups -OCH3 is 1. The maximum atomic E-state index is 5.90. The van der Waals surface area contributed by atoms with Crippen LogP contribution in [0.3, 0.4) is 0 Å². The normalized spacial score (nSPS) is 30.7. The highest BCUT2D eigenvalue weighted by Gasteiger charge is 2.35. The zero-order valence-electron chi connectivity index (χ0n) is 11.2. The van der Waals surface area contributed by atoms with Crippen LogP contribution in [0.25, 0.3) is 0 Å². The van der Waals surface area contributed by atoms with Gasteiger partial charge < -0.3 is 14.2 Å². The van der Waals surface area contributed by atoms with Crippen LogP contribution < -0.4 is 0 Å². The first-order chi connectivity index (χ1) is 7.46. The standard InChI is InChI=1S/C12H24BO3/c1-6-13-11-7-9(14-5)10(16-11)8-15-12(2,3)4/h9-11H,6-8H2,1-5H3. The summed E-state index contributed by atoms with van der Waals surface area (Å²) >= 11 is 0. The molecule has 1 fully saturated rings. The van der Waals surface area contributed by atoms with Gasteiger partial charge in [0.05, 0.1) is 18.3 Å². The topological polar surface area (TPSA) is 27.7 Å². The number of rotatable bonds is 5. The van der Waals surface area contributed by atoms with Crippen LogP contribution >= 0.6 is 0 Å². The van der Waals surface area contributed by atoms with Gasteiger partial charge in [0.1, 0.15) is 13.4 Å². The van der Waals surface area contributed by atoms with Crippen molar-refractivity contribution in [2.75, 3.05) is 13.7 Å². The molecular weight excluding hydrogens is 203 g/mol. The van der Waals surface area contributed by atoms with Crippen LogP contribution in [-0.2, 0) is 14.2 Å². The van der Waals surface area contributed by atoms with E-state index in [1.165, 1.54) is 0 Å². The van der Waals surface area contributed by atoms with E-state index in [9.17, 15) is 0 Å². The molecule has 16 heavy (non-hydrogen) atoms. The summed E-state index contributed by atoms with van der Waals surface area (Å²) in [6, 6.07) is 0.225. The maximum Gasteiger partial charge on any atom is 0.149 e. The van der Waals surface area contributed by atoms with Gasteiger partial charge in [0, 0.05) is 13.1 Å². The quantitative estimate of drug-likeness (QED) is 0.673. The Kier molecular flexibility index (Phi) is 5.28. The molecule has 1 radical (unpaired) electrons. The smallest absolute Gasteiger partial charge is 0.149 e. The van der Waals surface area contributed by atoms with Crippen molar-refractivity contribution in [2.45, 2.75) is 64.2 Å². The first-order valence-electron chi connectivity index (χ1n) is 6.11. The Morgan fingerprint density at radius 1 is 1.38 bits per heavy atom. The molecule has 1 heterocycles. The molecule has 3 nitrogen and oxygen atoms in total. The van der Waals surface area contributed by atoms with E-state index in [1.54, 1.807) is 7.11 Å². The van der Waals surface area contributed by atoms with Crippen molar-refractivity contribution in [1.29, 1.82) is 0 Å². The molecule has 1 aliphatic rings. The summed E-state index contributed by atoms with van der Waals surface area (Å²) in [5, 5.41) is 0. The van der Waals surface area contributed by atoms with Crippen LogP contribution in [0.4, 0.5) is 0 Å². The summed E-state index contributed by atoms with van der Waals surface area (Å²) in [5.41, 5.74) is -0.117. The van der Waals surface area contributed by atoms with Crippen LogP contribution in [-0.4, -0.2) is 44.8 Å². The summed E-state index contributed by atoms with van der Waals surface area (Å²) in [4.78, 5) is 0. The van der Waals surface area contributed by atoms with Crippen molar-refractivity contribution < 1.29 is 14.2 Å². The molecule has 0 aromatic carbocycles. The second-order valence-electron chi connectivity index (χ2n) is 5.29. The molecule has 0 spiro atoms. The fourth-order valence-corrected chi connectivity index (χ4v) is 1.89. The molecule has 0 bridgehead atoms. The fourth-order valence-electron chi connectivity index (χ4n) is 1.89. The van der Waals surface area contributed by atoms with Gasteiger partial charge in [-0.1, -0.05) is 13.2 Å². The maximum absolute atomic E-state index is 5.90. The second-order valence-corrected chi connectivity index (χ2v) is 5.29. The van der Waals surface area contributed by atoms with Gasteiger partial charge in [-0.25, -0.2) is 0 Å². The molecule has 1 rings (SSSR count). The number of ether oxygens (including phenoxy) is 3. The minimum Gasteiger partial charge on any atom is -0.379 e. The molecule has 4 heteroatoms. The number of hydrogen-bond acceptors (Lipinski definition) is 3. The second kappa shape index (κ2) is 6.03. The van der Waals surface area contributed by atoms with Gasteiger partial charge in [0.2, 0.25) is 0 Å². The molecule has 0 aromatic heterocycles. The summed E-state index contributed by atoms with van der Waals surface area (Å²) in [6.07, 6.45) is 2.21. The van der Waals surface area contributed by atoms with Crippen LogP contribution in [0.2, 0.25) is 6.32 Å². The molecule has 1 saturated heterocycles. The average molecular weight is 227 g/mol. The summed E-state index contributed by atoms with van der Waals surface area (Å²) in [5.74, 6) is 0. The van der Waals surface area contributed by atoms with Crippen molar-refractivity contribution in [1.82, 2.24) is 0 Å². The molecule has 3 unspecified atom stereocenters. The Balaban J connectivity index is 2.39. The predicted octanol–water partition coefficient (Wildman–Crippen LogP) is 2.07. The Bertz CT molecular complexity index is 203. The van der Waals surface area contributed by atoms with E-state index in [0.29, 0.717) is 6.61 Å². The van der Waals surface area contributed by atoms with Crippen molar-refractivity contribution in [2.24, 2.45) is 0 Å². The molecule has 0 amide bonds. The Hall–Kier alpha value is -0.0551. The van der Waals surface area contributed by atoms with E-state index in [0.717, 1.165) is 12.7 Å². The van der Waals surface area contributed by atoms with Crippen molar-refractivity contribution in [3.8, 4) is 0 Å². The summed E-state index contributed by atoms with van der Waals surface area (Å²) in [7, 11) is 3.94. The van der Waals surface area contributed by atoms with Crippen molar-refractivity contribution in [3.05, 3.63) is 0 Å². The van der Waals surface area contributed by atoms with Gasteiger partial charge in [-0.2, -0.15) is 0 Å². The van der Waals surface area contributed by atoms with E-state index >= 15 is 0 Å². The van der Waals surface area contributed by atoms with Crippen LogP contribution in [0.15, 0.2) is 0 Å². The zero-order chi connectivity index (χ0) is 12.2. The Labute approximate surface area is 100 Å². The van der Waals surface area contributed by atoms with Gasteiger partial charge in [0.15, 0.2) is 0 Å². The molecular formula is C12H24BO3. The molecule has 1 aliphatic heterocycles. The predicted molar refractivity (Wildman–Crippen MR) is 66.0 cm³/mol. The van der Waals surface area contributed by atoms with E-state index in [1.807, 2.05) is 0 Å². The van der Waals surface area contributed by atoms with Gasteiger partial charge in [0.25, 0.3) is 0 Å². The lowest BCUT2D eigenvalue weighted by Crippen LogP contribution is -2.33. The molecule has 0 N–H and O–H groups in total. The molecule has 0 saturated carbocycles. The lowest BCUT2D eigenvalue weighted by molar-refractivity contribution is -0.0869. The molecule has 3 atom stereocenters. The van der Waals surface area contributed by atoms with Crippen molar-refractivity contribution in [3.63, 3.8) is 0 Å². The molecule has 93 valence electrons. The highest BCUT2D eigenvalue weighted by Crippen LogP contribution is 2.24. The average Bonchev–Trinajstić information content (AvgIpc) is 2.57.